The maximum absolute atomic E-state index is 9.69. The van der Waals surface area contributed by atoms with Crippen LogP contribution in [0.25, 0.3) is 0 Å². The Bertz CT molecular complexity index is 853. The Morgan fingerprint density at radius 1 is 0.880 bits per heavy atom. The van der Waals surface area contributed by atoms with Gasteiger partial charge in [-0.15, -0.1) is 0 Å². The summed E-state index contributed by atoms with van der Waals surface area (Å²) in [5.41, 5.74) is 5.36. The van der Waals surface area contributed by atoms with Crippen LogP contribution < -0.4 is 4.74 Å². The molecule has 0 saturated heterocycles. The van der Waals surface area contributed by atoms with Crippen LogP contribution in [0, 0.1) is 0 Å². The highest BCUT2D eigenvalue weighted by molar-refractivity contribution is 5.48. The van der Waals surface area contributed by atoms with Gasteiger partial charge in [0.1, 0.15) is 11.5 Å². The van der Waals surface area contributed by atoms with Crippen LogP contribution in [-0.4, -0.2) is 12.2 Å². The summed E-state index contributed by atoms with van der Waals surface area (Å²) >= 11 is 0. The first-order chi connectivity index (χ1) is 12.3. The molecule has 2 nitrogen and oxygen atoms in total. The molecule has 0 unspecified atom stereocenters. The van der Waals surface area contributed by atoms with E-state index in [1.807, 2.05) is 0 Å². The molecule has 2 heteroatoms. The van der Waals surface area contributed by atoms with E-state index in [0.717, 1.165) is 18.6 Å². The fourth-order valence-corrected chi connectivity index (χ4v) is 4.08. The zero-order valence-electron chi connectivity index (χ0n) is 14.4. The third kappa shape index (κ3) is 3.00. The van der Waals surface area contributed by atoms with Crippen molar-refractivity contribution in [2.24, 2.45) is 0 Å². The van der Waals surface area contributed by atoms with Gasteiger partial charge in [-0.2, -0.15) is 0 Å². The number of phenols is 1. The van der Waals surface area contributed by atoms with Crippen LogP contribution in [0.5, 0.6) is 11.5 Å². The molecule has 1 N–H and O–H groups in total. The smallest absolute Gasteiger partial charge is 0.119 e. The van der Waals surface area contributed by atoms with Crippen LogP contribution in [0.1, 0.15) is 40.5 Å². The van der Waals surface area contributed by atoms with Gasteiger partial charge in [-0.25, -0.2) is 0 Å². The number of hydrogen-bond acceptors (Lipinski definition) is 2. The molecular formula is C23H22O2. The molecule has 0 aliphatic heterocycles. The van der Waals surface area contributed by atoms with Gasteiger partial charge in [0.25, 0.3) is 0 Å². The highest BCUT2D eigenvalue weighted by Crippen LogP contribution is 2.47. The molecule has 0 saturated carbocycles. The van der Waals surface area contributed by atoms with E-state index in [4.69, 9.17) is 4.74 Å². The molecule has 0 bridgehead atoms. The van der Waals surface area contributed by atoms with Gasteiger partial charge in [0.15, 0.2) is 0 Å². The summed E-state index contributed by atoms with van der Waals surface area (Å²) in [6.07, 6.45) is 2.16. The van der Waals surface area contributed by atoms with Gasteiger partial charge in [0.2, 0.25) is 0 Å². The Kier molecular flexibility index (Phi) is 4.19. The molecule has 126 valence electrons. The predicted octanol–water partition coefficient (Wildman–Crippen LogP) is 5.26. The first-order valence-electron chi connectivity index (χ1n) is 8.77. The average Bonchev–Trinajstić information content (AvgIpc) is 2.68. The van der Waals surface area contributed by atoms with E-state index in [-0.39, 0.29) is 5.92 Å². The fourth-order valence-electron chi connectivity index (χ4n) is 4.08. The molecule has 1 aliphatic rings. The molecule has 1 aliphatic carbocycles. The molecule has 2 atom stereocenters. The van der Waals surface area contributed by atoms with E-state index < -0.39 is 0 Å². The summed E-state index contributed by atoms with van der Waals surface area (Å²) in [5.74, 6) is 1.96. The summed E-state index contributed by atoms with van der Waals surface area (Å²) in [6, 6.07) is 24.9. The van der Waals surface area contributed by atoms with E-state index in [9.17, 15) is 5.11 Å². The van der Waals surface area contributed by atoms with Crippen LogP contribution in [0.4, 0.5) is 0 Å². The lowest BCUT2D eigenvalue weighted by molar-refractivity contribution is 0.412. The zero-order chi connectivity index (χ0) is 17.2. The fraction of sp³-hybridized carbons (Fsp3) is 0.217. The minimum atomic E-state index is 0.289. The van der Waals surface area contributed by atoms with Crippen molar-refractivity contribution in [1.29, 1.82) is 0 Å². The highest BCUT2D eigenvalue weighted by Gasteiger charge is 2.32. The molecule has 0 spiro atoms. The molecule has 25 heavy (non-hydrogen) atoms. The lowest BCUT2D eigenvalue weighted by Crippen LogP contribution is -2.20. The SMILES string of the molecule is COc1ccc2c(c1)CC[C@@H](c1ccccc1)[C@H]2c1ccc(O)cc1. The maximum Gasteiger partial charge on any atom is 0.119 e. The summed E-state index contributed by atoms with van der Waals surface area (Å²) in [5, 5.41) is 9.69. The second kappa shape index (κ2) is 6.64. The lowest BCUT2D eigenvalue weighted by atomic mass is 9.69. The second-order valence-corrected chi connectivity index (χ2v) is 6.69. The van der Waals surface area contributed by atoms with Crippen LogP contribution in [-0.2, 0) is 6.42 Å². The highest BCUT2D eigenvalue weighted by atomic mass is 16.5. The minimum Gasteiger partial charge on any atom is -0.508 e. The Labute approximate surface area is 148 Å². The topological polar surface area (TPSA) is 29.5 Å². The first-order valence-corrected chi connectivity index (χ1v) is 8.77. The third-order valence-electron chi connectivity index (χ3n) is 5.29. The number of aryl methyl sites for hydroxylation is 1. The molecular weight excluding hydrogens is 308 g/mol. The number of benzene rings is 3. The van der Waals surface area contributed by atoms with Crippen molar-refractivity contribution < 1.29 is 9.84 Å². The van der Waals surface area contributed by atoms with Crippen molar-refractivity contribution in [2.45, 2.75) is 24.7 Å². The van der Waals surface area contributed by atoms with Gasteiger partial charge >= 0.3 is 0 Å². The summed E-state index contributed by atoms with van der Waals surface area (Å²) in [4.78, 5) is 0. The van der Waals surface area contributed by atoms with Crippen molar-refractivity contribution in [3.63, 3.8) is 0 Å². The summed E-state index contributed by atoms with van der Waals surface area (Å²) in [7, 11) is 1.72. The Hall–Kier alpha value is -2.74. The van der Waals surface area contributed by atoms with Gasteiger partial charge in [-0.1, -0.05) is 48.5 Å². The summed E-state index contributed by atoms with van der Waals surface area (Å²) in [6.45, 7) is 0. The zero-order valence-corrected chi connectivity index (χ0v) is 14.4. The number of methoxy groups -OCH3 is 1. The first kappa shape index (κ1) is 15.8. The van der Waals surface area contributed by atoms with Gasteiger partial charge in [0.05, 0.1) is 7.11 Å². The van der Waals surface area contributed by atoms with Crippen molar-refractivity contribution in [3.8, 4) is 11.5 Å². The van der Waals surface area contributed by atoms with E-state index >= 15 is 0 Å². The van der Waals surface area contributed by atoms with Gasteiger partial charge in [-0.05, 0) is 65.3 Å². The average molecular weight is 330 g/mol. The van der Waals surface area contributed by atoms with E-state index in [1.54, 1.807) is 19.2 Å². The van der Waals surface area contributed by atoms with Gasteiger partial charge in [-0.3, -0.25) is 0 Å². The molecule has 0 heterocycles. The minimum absolute atomic E-state index is 0.289. The van der Waals surface area contributed by atoms with Crippen LogP contribution in [0.2, 0.25) is 0 Å². The third-order valence-corrected chi connectivity index (χ3v) is 5.29. The largest absolute Gasteiger partial charge is 0.508 e. The Morgan fingerprint density at radius 2 is 1.64 bits per heavy atom. The molecule has 3 aromatic rings. The Balaban J connectivity index is 1.84. The number of rotatable bonds is 3. The number of hydrogen-bond donors (Lipinski definition) is 1. The monoisotopic (exact) mass is 330 g/mol. The van der Waals surface area contributed by atoms with Crippen molar-refractivity contribution >= 4 is 0 Å². The molecule has 0 amide bonds. The lowest BCUT2D eigenvalue weighted by Gasteiger charge is -2.35. The molecule has 3 aromatic carbocycles. The number of ether oxygens (including phenoxy) is 1. The van der Waals surface area contributed by atoms with Gasteiger partial charge in [0, 0.05) is 5.92 Å². The quantitative estimate of drug-likeness (QED) is 0.709. The maximum atomic E-state index is 9.69. The van der Waals surface area contributed by atoms with E-state index in [2.05, 4.69) is 60.7 Å². The number of aromatic hydroxyl groups is 1. The van der Waals surface area contributed by atoms with Crippen LogP contribution in [0.3, 0.4) is 0 Å². The molecule has 4 rings (SSSR count). The van der Waals surface area contributed by atoms with E-state index in [0.29, 0.717) is 11.7 Å². The summed E-state index contributed by atoms with van der Waals surface area (Å²) < 4.78 is 5.42. The number of fused-ring (bicyclic) bond motifs is 1. The van der Waals surface area contributed by atoms with E-state index in [1.165, 1.54) is 22.3 Å². The van der Waals surface area contributed by atoms with Crippen LogP contribution in [0.15, 0.2) is 72.8 Å². The standard InChI is InChI=1S/C23H22O2/c1-25-20-12-14-22-18(15-20)9-13-21(16-5-3-2-4-6-16)23(22)17-7-10-19(24)11-8-17/h2-8,10-12,14-15,21,23-24H,9,13H2,1H3/t21-,23+/m0/s1. The van der Waals surface area contributed by atoms with Crippen LogP contribution >= 0.6 is 0 Å². The molecule has 0 aromatic heterocycles. The predicted molar refractivity (Wildman–Crippen MR) is 100 cm³/mol. The normalized spacial score (nSPS) is 19.2. The molecule has 0 radical (unpaired) electrons. The van der Waals surface area contributed by atoms with Crippen molar-refractivity contribution in [2.75, 3.05) is 7.11 Å². The number of phenolic OH excluding ortho intramolecular Hbond substituents is 1. The second-order valence-electron chi connectivity index (χ2n) is 6.69. The molecule has 0 fully saturated rings. The van der Waals surface area contributed by atoms with Gasteiger partial charge < -0.3 is 9.84 Å². The Morgan fingerprint density at radius 3 is 2.36 bits per heavy atom. The van der Waals surface area contributed by atoms with Crippen molar-refractivity contribution in [1.82, 2.24) is 0 Å². The van der Waals surface area contributed by atoms with Crippen molar-refractivity contribution in [3.05, 3.63) is 95.1 Å².